The Morgan fingerprint density at radius 1 is 1.14 bits per heavy atom. The Kier molecular flexibility index (Phi) is 3.26. The lowest BCUT2D eigenvalue weighted by Gasteiger charge is -2.08. The van der Waals surface area contributed by atoms with Gasteiger partial charge in [-0.1, -0.05) is 33.6 Å². The van der Waals surface area contributed by atoms with E-state index in [-0.39, 0.29) is 10.8 Å². The van der Waals surface area contributed by atoms with Gasteiger partial charge >= 0.3 is 0 Å². The zero-order valence-corrected chi connectivity index (χ0v) is 13.5. The van der Waals surface area contributed by atoms with E-state index in [9.17, 15) is 8.42 Å². The Bertz CT molecular complexity index is 931. The van der Waals surface area contributed by atoms with Crippen molar-refractivity contribution in [2.75, 3.05) is 5.73 Å². The summed E-state index contributed by atoms with van der Waals surface area (Å²) in [5.41, 5.74) is 7.78. The predicted octanol–water partition coefficient (Wildman–Crippen LogP) is 2.93. The molecule has 1 aromatic heterocycles. The Morgan fingerprint density at radius 3 is 2.48 bits per heavy atom. The van der Waals surface area contributed by atoms with E-state index in [0.29, 0.717) is 11.0 Å². The van der Waals surface area contributed by atoms with Crippen LogP contribution in [0.5, 0.6) is 0 Å². The first-order valence-electron chi connectivity index (χ1n) is 6.15. The maximum Gasteiger partial charge on any atom is 0.271 e. The Hall–Kier alpha value is -1.86. The molecule has 2 aromatic carbocycles. The number of nitrogens with zero attached hydrogens (tertiary/aromatic N) is 2. The molecule has 21 heavy (non-hydrogen) atoms. The van der Waals surface area contributed by atoms with E-state index in [4.69, 9.17) is 5.73 Å². The SMILES string of the molecule is Cc1ccc(S(=O)(=O)n2c(N)nc3ccc(Br)cc32)cc1. The standard InChI is InChI=1S/C14H12BrN3O2S/c1-9-2-5-11(6-3-9)21(19,20)18-13-8-10(15)4-7-12(13)17-14(18)16/h2-8H,1H3,(H2,16,17). The maximum atomic E-state index is 12.8. The quantitative estimate of drug-likeness (QED) is 0.757. The van der Waals surface area contributed by atoms with Crippen molar-refractivity contribution >= 4 is 42.9 Å². The van der Waals surface area contributed by atoms with E-state index >= 15 is 0 Å². The van der Waals surface area contributed by atoms with Crippen molar-refractivity contribution in [1.29, 1.82) is 0 Å². The van der Waals surface area contributed by atoms with Gasteiger partial charge in [0.2, 0.25) is 5.95 Å². The van der Waals surface area contributed by atoms with Crippen molar-refractivity contribution in [2.45, 2.75) is 11.8 Å². The molecule has 0 bridgehead atoms. The molecule has 1 heterocycles. The fourth-order valence-corrected chi connectivity index (χ4v) is 3.85. The molecule has 0 spiro atoms. The summed E-state index contributed by atoms with van der Waals surface area (Å²) in [6.45, 7) is 1.90. The summed E-state index contributed by atoms with van der Waals surface area (Å²) < 4.78 is 27.4. The second kappa shape index (κ2) is 4.85. The average molecular weight is 366 g/mol. The molecular weight excluding hydrogens is 354 g/mol. The van der Waals surface area contributed by atoms with E-state index < -0.39 is 10.0 Å². The van der Waals surface area contributed by atoms with Gasteiger partial charge in [-0.3, -0.25) is 0 Å². The second-order valence-corrected chi connectivity index (χ2v) is 7.39. The third-order valence-electron chi connectivity index (χ3n) is 3.16. The van der Waals surface area contributed by atoms with E-state index in [0.717, 1.165) is 14.0 Å². The molecule has 0 saturated carbocycles. The first-order chi connectivity index (χ1) is 9.89. The minimum Gasteiger partial charge on any atom is -0.368 e. The van der Waals surface area contributed by atoms with Crippen LogP contribution in [0.4, 0.5) is 5.95 Å². The van der Waals surface area contributed by atoms with Crippen LogP contribution in [0.15, 0.2) is 51.8 Å². The predicted molar refractivity (Wildman–Crippen MR) is 85.6 cm³/mol. The third-order valence-corrected chi connectivity index (χ3v) is 5.38. The van der Waals surface area contributed by atoms with Crippen molar-refractivity contribution in [1.82, 2.24) is 8.96 Å². The molecule has 5 nitrogen and oxygen atoms in total. The molecule has 0 amide bonds. The van der Waals surface area contributed by atoms with Gasteiger partial charge in [-0.15, -0.1) is 0 Å². The average Bonchev–Trinajstić information content (AvgIpc) is 2.75. The van der Waals surface area contributed by atoms with Crippen molar-refractivity contribution in [3.05, 3.63) is 52.5 Å². The number of hydrogen-bond acceptors (Lipinski definition) is 4. The number of benzene rings is 2. The number of imidazole rings is 1. The van der Waals surface area contributed by atoms with Gasteiger partial charge in [0.05, 0.1) is 15.9 Å². The molecule has 0 atom stereocenters. The molecule has 3 aromatic rings. The Balaban J connectivity index is 2.30. The van der Waals surface area contributed by atoms with Crippen LogP contribution < -0.4 is 5.73 Å². The van der Waals surface area contributed by atoms with Gasteiger partial charge < -0.3 is 5.73 Å². The maximum absolute atomic E-state index is 12.8. The molecule has 0 aliphatic carbocycles. The normalized spacial score (nSPS) is 11.9. The van der Waals surface area contributed by atoms with Crippen LogP contribution in [-0.4, -0.2) is 17.4 Å². The summed E-state index contributed by atoms with van der Waals surface area (Å²) in [7, 11) is -3.78. The summed E-state index contributed by atoms with van der Waals surface area (Å²) in [6, 6.07) is 11.8. The molecule has 0 fully saturated rings. The zero-order chi connectivity index (χ0) is 15.2. The van der Waals surface area contributed by atoms with Crippen LogP contribution in [0, 0.1) is 6.92 Å². The van der Waals surface area contributed by atoms with Gasteiger partial charge in [-0.05, 0) is 37.3 Å². The molecule has 2 N–H and O–H groups in total. The van der Waals surface area contributed by atoms with E-state index in [1.165, 1.54) is 0 Å². The minimum absolute atomic E-state index is 0.0522. The van der Waals surface area contributed by atoms with Gasteiger partial charge in [-0.25, -0.2) is 17.4 Å². The number of halogens is 1. The smallest absolute Gasteiger partial charge is 0.271 e. The molecule has 0 aliphatic rings. The number of aryl methyl sites for hydroxylation is 1. The molecule has 0 radical (unpaired) electrons. The number of nitrogens with two attached hydrogens (primary N) is 1. The van der Waals surface area contributed by atoms with Gasteiger partial charge in [-0.2, -0.15) is 0 Å². The molecular formula is C14H12BrN3O2S. The first kappa shape index (κ1) is 14.1. The van der Waals surface area contributed by atoms with E-state index in [1.54, 1.807) is 42.5 Å². The lowest BCUT2D eigenvalue weighted by Crippen LogP contribution is -2.15. The highest BCUT2D eigenvalue weighted by molar-refractivity contribution is 9.10. The molecule has 3 rings (SSSR count). The molecule has 0 aliphatic heterocycles. The number of fused-ring (bicyclic) bond motifs is 1. The Morgan fingerprint density at radius 2 is 1.81 bits per heavy atom. The minimum atomic E-state index is -3.78. The number of anilines is 1. The van der Waals surface area contributed by atoms with Crippen molar-refractivity contribution in [3.63, 3.8) is 0 Å². The van der Waals surface area contributed by atoms with Crippen molar-refractivity contribution in [2.24, 2.45) is 0 Å². The van der Waals surface area contributed by atoms with Gasteiger partial charge in [0.1, 0.15) is 0 Å². The van der Waals surface area contributed by atoms with Crippen molar-refractivity contribution < 1.29 is 8.42 Å². The van der Waals surface area contributed by atoms with Crippen LogP contribution in [0.3, 0.4) is 0 Å². The monoisotopic (exact) mass is 365 g/mol. The number of aromatic nitrogens is 2. The number of hydrogen-bond donors (Lipinski definition) is 1. The fourth-order valence-electron chi connectivity index (χ4n) is 2.11. The molecule has 7 heteroatoms. The third kappa shape index (κ3) is 2.32. The Labute approximate surface area is 130 Å². The van der Waals surface area contributed by atoms with Crippen LogP contribution in [0.2, 0.25) is 0 Å². The summed E-state index contributed by atoms with van der Waals surface area (Å²) in [4.78, 5) is 4.28. The molecule has 0 saturated heterocycles. The van der Waals surface area contributed by atoms with E-state index in [1.807, 2.05) is 6.92 Å². The molecule has 0 unspecified atom stereocenters. The lowest BCUT2D eigenvalue weighted by atomic mass is 10.2. The number of nitrogen functional groups attached to an aromatic ring is 1. The number of rotatable bonds is 2. The highest BCUT2D eigenvalue weighted by Gasteiger charge is 2.23. The summed E-state index contributed by atoms with van der Waals surface area (Å²) in [5.74, 6) is -0.0522. The summed E-state index contributed by atoms with van der Waals surface area (Å²) >= 11 is 3.33. The van der Waals surface area contributed by atoms with Crippen LogP contribution >= 0.6 is 15.9 Å². The molecule has 108 valence electrons. The van der Waals surface area contributed by atoms with Crippen LogP contribution in [0.25, 0.3) is 11.0 Å². The van der Waals surface area contributed by atoms with Gasteiger partial charge in [0.25, 0.3) is 10.0 Å². The fraction of sp³-hybridized carbons (Fsp3) is 0.0714. The van der Waals surface area contributed by atoms with Crippen molar-refractivity contribution in [3.8, 4) is 0 Å². The van der Waals surface area contributed by atoms with Gasteiger partial charge in [0, 0.05) is 4.47 Å². The zero-order valence-electron chi connectivity index (χ0n) is 11.1. The van der Waals surface area contributed by atoms with E-state index in [2.05, 4.69) is 20.9 Å². The van der Waals surface area contributed by atoms with Crippen LogP contribution in [-0.2, 0) is 10.0 Å². The highest BCUT2D eigenvalue weighted by Crippen LogP contribution is 2.26. The topological polar surface area (TPSA) is 78.0 Å². The highest BCUT2D eigenvalue weighted by atomic mass is 79.9. The second-order valence-electron chi connectivity index (χ2n) is 4.69. The summed E-state index contributed by atoms with van der Waals surface area (Å²) in [6.07, 6.45) is 0. The summed E-state index contributed by atoms with van der Waals surface area (Å²) in [5, 5.41) is 0. The van der Waals surface area contributed by atoms with Gasteiger partial charge in [0.15, 0.2) is 0 Å². The largest absolute Gasteiger partial charge is 0.368 e. The van der Waals surface area contributed by atoms with Crippen LogP contribution in [0.1, 0.15) is 5.56 Å². The lowest BCUT2D eigenvalue weighted by molar-refractivity contribution is 0.589. The first-order valence-corrected chi connectivity index (χ1v) is 8.38.